The van der Waals surface area contributed by atoms with Crippen LogP contribution in [-0.4, -0.2) is 51.4 Å². The van der Waals surface area contributed by atoms with Crippen LogP contribution >= 0.6 is 23.7 Å². The summed E-state index contributed by atoms with van der Waals surface area (Å²) in [6.07, 6.45) is 0. The standard InChI is InChI=1S/C3H6Cl2O12S4/c1-3(20(10,11)12,21(13,14)15)2(18(6,7)16-4)19(8,9)17-5/h2H,1H3,(H,10,11,12)(H,13,14,15). The Labute approximate surface area is 130 Å². The average molecular weight is 433 g/mol. The topological polar surface area (TPSA) is 195 Å². The summed E-state index contributed by atoms with van der Waals surface area (Å²) in [5.74, 6) is 0. The molecule has 0 aliphatic rings. The van der Waals surface area contributed by atoms with Crippen LogP contribution in [0.15, 0.2) is 0 Å². The van der Waals surface area contributed by atoms with Gasteiger partial charge in [-0.15, -0.1) is 0 Å². The van der Waals surface area contributed by atoms with Crippen molar-refractivity contribution in [2.24, 2.45) is 0 Å². The quantitative estimate of drug-likeness (QED) is 0.456. The Hall–Kier alpha value is 0.220. The van der Waals surface area contributed by atoms with Gasteiger partial charge in [-0.3, -0.25) is 9.11 Å². The summed E-state index contributed by atoms with van der Waals surface area (Å²) in [5.41, 5.74) is 0. The number of rotatable bonds is 7. The highest BCUT2D eigenvalue weighted by Crippen LogP contribution is 2.36. The molecule has 0 aromatic carbocycles. The van der Waals surface area contributed by atoms with Crippen LogP contribution < -0.4 is 0 Å². The first-order chi connectivity index (χ1) is 8.99. The van der Waals surface area contributed by atoms with Gasteiger partial charge in [0.05, 0.1) is 23.7 Å². The van der Waals surface area contributed by atoms with E-state index in [-0.39, 0.29) is 6.92 Å². The van der Waals surface area contributed by atoms with Crippen molar-refractivity contribution in [1.29, 1.82) is 0 Å². The molecule has 0 atom stereocenters. The summed E-state index contributed by atoms with van der Waals surface area (Å²) in [6.45, 7) is -0.150. The van der Waals surface area contributed by atoms with E-state index in [1.807, 2.05) is 0 Å². The maximum absolute atomic E-state index is 11.4. The summed E-state index contributed by atoms with van der Waals surface area (Å²) in [7, 11) is -23.7. The third-order valence-electron chi connectivity index (χ3n) is 2.15. The van der Waals surface area contributed by atoms with E-state index >= 15 is 0 Å². The van der Waals surface area contributed by atoms with E-state index in [4.69, 9.17) is 9.11 Å². The lowest BCUT2D eigenvalue weighted by Gasteiger charge is -2.28. The molecule has 0 saturated carbocycles. The van der Waals surface area contributed by atoms with Gasteiger partial charge >= 0.3 is 20.2 Å². The van der Waals surface area contributed by atoms with Gasteiger partial charge in [-0.05, 0) is 6.92 Å². The Kier molecular flexibility index (Phi) is 6.08. The monoisotopic (exact) mass is 432 g/mol. The van der Waals surface area contributed by atoms with Crippen molar-refractivity contribution in [3.05, 3.63) is 0 Å². The van der Waals surface area contributed by atoms with Crippen molar-refractivity contribution in [2.45, 2.75) is 15.6 Å². The smallest absolute Gasteiger partial charge is 0.284 e. The molecule has 0 spiro atoms. The molecule has 12 nitrogen and oxygen atoms in total. The van der Waals surface area contributed by atoms with E-state index in [1.54, 1.807) is 0 Å². The minimum atomic E-state index is -6.08. The summed E-state index contributed by atoms with van der Waals surface area (Å²) < 4.78 is 106. The van der Waals surface area contributed by atoms with Gasteiger partial charge in [-0.25, -0.2) is 0 Å². The zero-order valence-electron chi connectivity index (χ0n) is 9.44. The van der Waals surface area contributed by atoms with Crippen molar-refractivity contribution in [3.8, 4) is 0 Å². The summed E-state index contributed by atoms with van der Waals surface area (Å²) >= 11 is 8.91. The van der Waals surface area contributed by atoms with Gasteiger partial charge in [0.25, 0.3) is 28.9 Å². The van der Waals surface area contributed by atoms with E-state index in [9.17, 15) is 33.7 Å². The third-order valence-corrected chi connectivity index (χ3v) is 11.3. The fraction of sp³-hybridized carbons (Fsp3) is 1.00. The lowest BCUT2D eigenvalue weighted by Crippen LogP contribution is -2.58. The zero-order chi connectivity index (χ0) is 17.5. The molecule has 0 aromatic rings. The maximum atomic E-state index is 11.4. The second-order valence-electron chi connectivity index (χ2n) is 3.41. The molecule has 0 radical (unpaired) electrons. The molecule has 0 saturated heterocycles. The van der Waals surface area contributed by atoms with Gasteiger partial charge in [-0.2, -0.15) is 41.1 Å². The molecule has 128 valence electrons. The Bertz CT molecular complexity index is 736. The van der Waals surface area contributed by atoms with E-state index in [2.05, 4.69) is 31.2 Å². The van der Waals surface area contributed by atoms with Gasteiger partial charge in [0.2, 0.25) is 0 Å². The molecule has 2 N–H and O–H groups in total. The first-order valence-electron chi connectivity index (χ1n) is 4.01. The van der Waals surface area contributed by atoms with Gasteiger partial charge in [0.1, 0.15) is 0 Å². The molecule has 18 heteroatoms. The largest absolute Gasteiger partial charge is 0.306 e. The van der Waals surface area contributed by atoms with Crippen LogP contribution in [0.3, 0.4) is 0 Å². The first-order valence-corrected chi connectivity index (χ1v) is 10.4. The van der Waals surface area contributed by atoms with E-state index in [1.165, 1.54) is 0 Å². The number of hydrogen-bond acceptors (Lipinski definition) is 10. The van der Waals surface area contributed by atoms with Crippen LogP contribution in [-0.2, 0) is 47.9 Å². The Morgan fingerprint density at radius 3 is 1.19 bits per heavy atom. The predicted octanol–water partition coefficient (Wildman–Crippen LogP) is -1.20. The van der Waals surface area contributed by atoms with Gasteiger partial charge in [0, 0.05) is 0 Å². The Balaban J connectivity index is 7.14. The molecule has 0 rings (SSSR count). The molecule has 21 heavy (non-hydrogen) atoms. The van der Waals surface area contributed by atoms with E-state index in [0.29, 0.717) is 0 Å². The normalized spacial score (nSPS) is 15.3. The fourth-order valence-corrected chi connectivity index (χ4v) is 8.80. The van der Waals surface area contributed by atoms with E-state index in [0.717, 1.165) is 0 Å². The van der Waals surface area contributed by atoms with Gasteiger partial charge in [-0.1, -0.05) is 0 Å². The highest BCUT2D eigenvalue weighted by atomic mass is 35.5. The minimum absolute atomic E-state index is 0.150. The maximum Gasteiger partial charge on any atom is 0.306 e. The highest BCUT2D eigenvalue weighted by Gasteiger charge is 2.68. The molecule has 0 aliphatic carbocycles. The van der Waals surface area contributed by atoms with Gasteiger partial charge < -0.3 is 0 Å². The van der Waals surface area contributed by atoms with Crippen LogP contribution in [0.5, 0.6) is 0 Å². The van der Waals surface area contributed by atoms with Crippen molar-refractivity contribution in [1.82, 2.24) is 0 Å². The molecule has 0 aliphatic heterocycles. The summed E-state index contributed by atoms with van der Waals surface area (Å²) in [6, 6.07) is 0. The number of hydrogen-bond donors (Lipinski definition) is 2. The van der Waals surface area contributed by atoms with Crippen LogP contribution in [0.1, 0.15) is 6.92 Å². The second-order valence-corrected chi connectivity index (χ2v) is 11.5. The van der Waals surface area contributed by atoms with E-state index < -0.39 is 49.1 Å². The van der Waals surface area contributed by atoms with Crippen LogP contribution in [0, 0.1) is 0 Å². The van der Waals surface area contributed by atoms with Crippen molar-refractivity contribution in [3.63, 3.8) is 0 Å². The molecular weight excluding hydrogens is 427 g/mol. The molecule has 0 heterocycles. The Morgan fingerprint density at radius 1 is 0.810 bits per heavy atom. The Morgan fingerprint density at radius 2 is 1.05 bits per heavy atom. The van der Waals surface area contributed by atoms with Crippen LogP contribution in [0.2, 0.25) is 0 Å². The molecule has 0 amide bonds. The lowest BCUT2D eigenvalue weighted by molar-refractivity contribution is 0.413. The average Bonchev–Trinajstić information content (AvgIpc) is 2.25. The molecule has 0 unspecified atom stereocenters. The molecule has 0 fully saturated rings. The summed E-state index contributed by atoms with van der Waals surface area (Å²) in [5, 5.41) is 0. The predicted molar refractivity (Wildman–Crippen MR) is 67.0 cm³/mol. The molecule has 0 bridgehead atoms. The SMILES string of the molecule is CC(C(S(=O)(=O)OCl)S(=O)(=O)OCl)(S(=O)(=O)O)S(=O)(=O)O. The molecular formula is C3H6Cl2O12S4. The lowest BCUT2D eigenvalue weighted by atomic mass is 10.5. The zero-order valence-corrected chi connectivity index (χ0v) is 14.2. The van der Waals surface area contributed by atoms with Crippen molar-refractivity contribution < 1.29 is 50.2 Å². The van der Waals surface area contributed by atoms with Gasteiger partial charge in [0.15, 0.2) is 0 Å². The fourth-order valence-electron chi connectivity index (χ4n) is 1.11. The second kappa shape index (κ2) is 6.02. The van der Waals surface area contributed by atoms with Crippen molar-refractivity contribution in [2.75, 3.05) is 0 Å². The number of halogens is 2. The highest BCUT2D eigenvalue weighted by molar-refractivity contribution is 8.12. The minimum Gasteiger partial charge on any atom is -0.284 e. The van der Waals surface area contributed by atoms with Crippen LogP contribution in [0.4, 0.5) is 0 Å². The third kappa shape index (κ3) is 3.77. The molecule has 0 aromatic heterocycles. The van der Waals surface area contributed by atoms with Crippen LogP contribution in [0.25, 0.3) is 0 Å². The first kappa shape index (κ1) is 21.2. The summed E-state index contributed by atoms with van der Waals surface area (Å²) in [4.78, 5) is 0. The van der Waals surface area contributed by atoms with Crippen molar-refractivity contribution >= 4 is 64.2 Å².